The molecule has 0 bridgehead atoms. The van der Waals surface area contributed by atoms with Gasteiger partial charge in [0, 0.05) is 11.6 Å². The van der Waals surface area contributed by atoms with Crippen LogP contribution in [0.1, 0.15) is 29.7 Å². The van der Waals surface area contributed by atoms with E-state index < -0.39 is 21.7 Å². The molecule has 1 atom stereocenters. The number of hydrogen-bond acceptors (Lipinski definition) is 3. The molecule has 1 N–H and O–H groups in total. The van der Waals surface area contributed by atoms with Gasteiger partial charge in [-0.05, 0) is 61.4 Å². The van der Waals surface area contributed by atoms with Crippen LogP contribution in [0.15, 0.2) is 77.7 Å². The summed E-state index contributed by atoms with van der Waals surface area (Å²) in [5.41, 5.74) is 2.33. The number of carbonyl (C=O) groups excluding carboxylic acids is 1. The molecule has 3 aromatic rings. The lowest BCUT2D eigenvalue weighted by molar-refractivity contribution is -0.122. The highest BCUT2D eigenvalue weighted by molar-refractivity contribution is 7.89. The average molecular weight is 475 g/mol. The van der Waals surface area contributed by atoms with Crippen molar-refractivity contribution in [2.45, 2.75) is 31.3 Å². The quantitative estimate of drug-likeness (QED) is 0.507. The average Bonchev–Trinajstić information content (AvgIpc) is 2.75. The van der Waals surface area contributed by atoms with E-state index in [2.05, 4.69) is 5.32 Å². The Bertz CT molecular complexity index is 1170. The van der Waals surface area contributed by atoms with E-state index in [4.69, 9.17) is 11.6 Å². The van der Waals surface area contributed by atoms with E-state index >= 15 is 0 Å². The van der Waals surface area contributed by atoms with Crippen molar-refractivity contribution in [3.63, 3.8) is 0 Å². The van der Waals surface area contributed by atoms with Crippen LogP contribution in [0.5, 0.6) is 0 Å². The number of nitrogens with zero attached hydrogens (tertiary/aromatic N) is 1. The molecule has 0 unspecified atom stereocenters. The first-order chi connectivity index (χ1) is 15.1. The minimum absolute atomic E-state index is 0.0702. The van der Waals surface area contributed by atoms with Gasteiger partial charge in [-0.3, -0.25) is 4.79 Å². The number of aryl methyl sites for hydroxylation is 1. The fraction of sp³-hybridized carbons (Fsp3) is 0.208. The Morgan fingerprint density at radius 2 is 1.59 bits per heavy atom. The number of amides is 1. The highest BCUT2D eigenvalue weighted by Gasteiger charge is 2.27. The van der Waals surface area contributed by atoms with Gasteiger partial charge in [-0.15, -0.1) is 0 Å². The lowest BCUT2D eigenvalue weighted by atomic mass is 10.1. The molecule has 3 rings (SSSR count). The van der Waals surface area contributed by atoms with E-state index in [0.29, 0.717) is 10.6 Å². The van der Waals surface area contributed by atoms with Gasteiger partial charge in [0.25, 0.3) is 0 Å². The Kier molecular flexibility index (Phi) is 7.66. The number of sulfonamides is 1. The van der Waals surface area contributed by atoms with Crippen LogP contribution >= 0.6 is 11.6 Å². The van der Waals surface area contributed by atoms with Gasteiger partial charge in [-0.2, -0.15) is 4.31 Å². The van der Waals surface area contributed by atoms with Gasteiger partial charge >= 0.3 is 0 Å². The Labute approximate surface area is 192 Å². The maximum absolute atomic E-state index is 13.3. The zero-order valence-electron chi connectivity index (χ0n) is 17.8. The Morgan fingerprint density at radius 1 is 1.00 bits per heavy atom. The zero-order valence-corrected chi connectivity index (χ0v) is 19.3. The molecule has 0 heterocycles. The predicted molar refractivity (Wildman–Crippen MR) is 123 cm³/mol. The van der Waals surface area contributed by atoms with Crippen LogP contribution in [0.2, 0.25) is 5.02 Å². The summed E-state index contributed by atoms with van der Waals surface area (Å²) in [6, 6.07) is 18.6. The fourth-order valence-corrected chi connectivity index (χ4v) is 4.67. The molecule has 32 heavy (non-hydrogen) atoms. The second-order valence-corrected chi connectivity index (χ2v) is 9.93. The molecule has 8 heteroatoms. The first kappa shape index (κ1) is 23.9. The molecule has 0 aliphatic carbocycles. The minimum Gasteiger partial charge on any atom is -0.348 e. The van der Waals surface area contributed by atoms with E-state index in [1.165, 1.54) is 36.4 Å². The molecule has 1 amide bonds. The third kappa shape index (κ3) is 6.16. The lowest BCUT2D eigenvalue weighted by Gasteiger charge is -2.23. The van der Waals surface area contributed by atoms with Gasteiger partial charge in [0.05, 0.1) is 17.5 Å². The fourth-order valence-electron chi connectivity index (χ4n) is 3.16. The number of halogens is 2. The van der Waals surface area contributed by atoms with Crippen LogP contribution < -0.4 is 5.32 Å². The molecule has 0 fully saturated rings. The number of benzene rings is 3. The first-order valence-corrected chi connectivity index (χ1v) is 11.8. The van der Waals surface area contributed by atoms with Crippen LogP contribution in [0.25, 0.3) is 0 Å². The van der Waals surface area contributed by atoms with Crippen molar-refractivity contribution in [3.05, 3.63) is 100 Å². The molecule has 0 saturated carbocycles. The van der Waals surface area contributed by atoms with E-state index in [0.717, 1.165) is 15.4 Å². The van der Waals surface area contributed by atoms with Crippen LogP contribution in [-0.4, -0.2) is 25.2 Å². The first-order valence-electron chi connectivity index (χ1n) is 10.0. The normalized spacial score (nSPS) is 12.5. The van der Waals surface area contributed by atoms with E-state index in [1.54, 1.807) is 43.3 Å². The van der Waals surface area contributed by atoms with Crippen molar-refractivity contribution in [2.75, 3.05) is 6.54 Å². The van der Waals surface area contributed by atoms with Crippen LogP contribution in [-0.2, 0) is 21.4 Å². The SMILES string of the molecule is Cc1ccc(S(=O)(=O)N(CC(=O)N[C@@H](C)c2ccc(Cl)cc2)Cc2ccc(F)cc2)cc1. The third-order valence-electron chi connectivity index (χ3n) is 5.00. The van der Waals surface area contributed by atoms with Crippen molar-refractivity contribution < 1.29 is 17.6 Å². The Morgan fingerprint density at radius 3 is 2.19 bits per heavy atom. The standard InChI is InChI=1S/C24H24ClFN2O3S/c1-17-3-13-23(14-4-17)32(30,31)28(15-19-5-11-22(26)12-6-19)16-24(29)27-18(2)20-7-9-21(25)10-8-20/h3-14,18H,15-16H2,1-2H3,(H,27,29)/t18-/m0/s1. The monoisotopic (exact) mass is 474 g/mol. The van der Waals surface area contributed by atoms with Gasteiger partial charge in [0.1, 0.15) is 5.82 Å². The molecule has 0 aromatic heterocycles. The maximum Gasteiger partial charge on any atom is 0.243 e. The molecule has 5 nitrogen and oxygen atoms in total. The number of rotatable bonds is 8. The topological polar surface area (TPSA) is 66.5 Å². The van der Waals surface area contributed by atoms with Gasteiger partial charge in [-0.25, -0.2) is 12.8 Å². The van der Waals surface area contributed by atoms with Crippen LogP contribution in [0.3, 0.4) is 0 Å². The molecular formula is C24H24ClFN2O3S. The van der Waals surface area contributed by atoms with Gasteiger partial charge < -0.3 is 5.32 Å². The van der Waals surface area contributed by atoms with Crippen molar-refractivity contribution in [3.8, 4) is 0 Å². The number of hydrogen-bond donors (Lipinski definition) is 1. The highest BCUT2D eigenvalue weighted by atomic mass is 35.5. The molecule has 0 spiro atoms. The highest BCUT2D eigenvalue weighted by Crippen LogP contribution is 2.20. The molecule has 0 saturated heterocycles. The molecule has 3 aromatic carbocycles. The maximum atomic E-state index is 13.3. The van der Waals surface area contributed by atoms with Crippen molar-refractivity contribution in [2.24, 2.45) is 0 Å². The zero-order chi connectivity index (χ0) is 23.3. The summed E-state index contributed by atoms with van der Waals surface area (Å²) in [4.78, 5) is 12.9. The summed E-state index contributed by atoms with van der Waals surface area (Å²) in [5, 5.41) is 3.41. The Hall–Kier alpha value is -2.74. The smallest absolute Gasteiger partial charge is 0.243 e. The summed E-state index contributed by atoms with van der Waals surface area (Å²) in [5.74, 6) is -0.874. The van der Waals surface area contributed by atoms with Gasteiger partial charge in [0.2, 0.25) is 15.9 Å². The summed E-state index contributed by atoms with van der Waals surface area (Å²) in [7, 11) is -3.97. The molecule has 0 aliphatic heterocycles. The molecule has 168 valence electrons. The molecule has 0 radical (unpaired) electrons. The van der Waals surface area contributed by atoms with Crippen molar-refractivity contribution in [1.29, 1.82) is 0 Å². The summed E-state index contributed by atoms with van der Waals surface area (Å²) < 4.78 is 41.0. The second kappa shape index (κ2) is 10.3. The molecule has 0 aliphatic rings. The predicted octanol–water partition coefficient (Wildman–Crippen LogP) is 4.86. The van der Waals surface area contributed by atoms with Crippen molar-refractivity contribution in [1.82, 2.24) is 9.62 Å². The van der Waals surface area contributed by atoms with Gasteiger partial charge in [0.15, 0.2) is 0 Å². The summed E-state index contributed by atoms with van der Waals surface area (Å²) >= 11 is 5.91. The van der Waals surface area contributed by atoms with E-state index in [-0.39, 0.29) is 24.0 Å². The molecular weight excluding hydrogens is 451 g/mol. The van der Waals surface area contributed by atoms with E-state index in [1.807, 2.05) is 6.92 Å². The summed E-state index contributed by atoms with van der Waals surface area (Å²) in [6.07, 6.45) is 0. The number of carbonyl (C=O) groups is 1. The Balaban J connectivity index is 1.82. The van der Waals surface area contributed by atoms with Crippen molar-refractivity contribution >= 4 is 27.5 Å². The number of nitrogens with one attached hydrogen (secondary N) is 1. The largest absolute Gasteiger partial charge is 0.348 e. The minimum atomic E-state index is -3.97. The van der Waals surface area contributed by atoms with Crippen LogP contribution in [0.4, 0.5) is 4.39 Å². The second-order valence-electron chi connectivity index (χ2n) is 7.55. The van der Waals surface area contributed by atoms with Crippen LogP contribution in [0, 0.1) is 12.7 Å². The van der Waals surface area contributed by atoms with Gasteiger partial charge in [-0.1, -0.05) is 53.6 Å². The lowest BCUT2D eigenvalue weighted by Crippen LogP contribution is -2.41. The van der Waals surface area contributed by atoms with E-state index in [9.17, 15) is 17.6 Å². The summed E-state index contributed by atoms with van der Waals surface area (Å²) in [6.45, 7) is 3.21. The third-order valence-corrected chi connectivity index (χ3v) is 7.06.